The van der Waals surface area contributed by atoms with Gasteiger partial charge in [-0.3, -0.25) is 0 Å². The summed E-state index contributed by atoms with van der Waals surface area (Å²) in [6, 6.07) is 6.89. The van der Waals surface area contributed by atoms with Crippen LogP contribution in [0.2, 0.25) is 0 Å². The zero-order chi connectivity index (χ0) is 14.6. The lowest BCUT2D eigenvalue weighted by Crippen LogP contribution is -2.34. The number of rotatable bonds is 8. The normalized spacial score (nSPS) is 16.9. The number of nitrogens with one attached hydrogen (secondary N) is 1. The molecule has 0 aromatic heterocycles. The predicted molar refractivity (Wildman–Crippen MR) is 83.6 cm³/mol. The topological polar surface area (TPSA) is 81.4 Å². The minimum atomic E-state index is -3.28. The van der Waals surface area contributed by atoms with E-state index < -0.39 is 10.0 Å². The van der Waals surface area contributed by atoms with E-state index in [0.717, 1.165) is 12.8 Å². The molecule has 2 rings (SSSR count). The summed E-state index contributed by atoms with van der Waals surface area (Å²) < 4.78 is 31.9. The summed E-state index contributed by atoms with van der Waals surface area (Å²) in [5.41, 5.74) is 6.21. The van der Waals surface area contributed by atoms with Crippen LogP contribution in [0.1, 0.15) is 12.8 Å². The number of anilines is 1. The Morgan fingerprint density at radius 3 is 2.55 bits per heavy atom. The van der Waals surface area contributed by atoms with Crippen LogP contribution in [0.5, 0.6) is 5.75 Å². The smallest absolute Gasteiger partial charge is 0.215 e. The second-order valence-corrected chi connectivity index (χ2v) is 8.15. The molecule has 5 nitrogen and oxygen atoms in total. The summed E-state index contributed by atoms with van der Waals surface area (Å²) in [6.45, 7) is 0.643. The van der Waals surface area contributed by atoms with Gasteiger partial charge >= 0.3 is 0 Å². The van der Waals surface area contributed by atoms with Gasteiger partial charge in [0.2, 0.25) is 10.0 Å². The standard InChI is InChI=1S/C13H20N2O3S2/c1-19-13(6-7-13)10-15-20(16,17)9-8-18-12-4-2-11(14)3-5-12/h2-5,15H,6-10,14H2,1H3. The number of ether oxygens (including phenoxy) is 1. The zero-order valence-electron chi connectivity index (χ0n) is 11.5. The maximum absolute atomic E-state index is 11.8. The molecule has 20 heavy (non-hydrogen) atoms. The molecule has 0 atom stereocenters. The molecule has 3 N–H and O–H groups in total. The Labute approximate surface area is 124 Å². The van der Waals surface area contributed by atoms with Crippen LogP contribution in [-0.2, 0) is 10.0 Å². The van der Waals surface area contributed by atoms with Gasteiger partial charge in [-0.1, -0.05) is 0 Å². The van der Waals surface area contributed by atoms with Gasteiger partial charge in [0.1, 0.15) is 12.4 Å². The summed E-state index contributed by atoms with van der Waals surface area (Å²) in [4.78, 5) is 0. The Morgan fingerprint density at radius 2 is 2.00 bits per heavy atom. The van der Waals surface area contributed by atoms with E-state index in [1.807, 2.05) is 6.26 Å². The van der Waals surface area contributed by atoms with Crippen molar-refractivity contribution in [1.29, 1.82) is 0 Å². The first-order valence-corrected chi connectivity index (χ1v) is 9.33. The lowest BCUT2D eigenvalue weighted by atomic mass is 10.3. The van der Waals surface area contributed by atoms with E-state index in [-0.39, 0.29) is 17.1 Å². The minimum Gasteiger partial charge on any atom is -0.492 e. The number of hydrogen-bond acceptors (Lipinski definition) is 5. The first-order valence-electron chi connectivity index (χ1n) is 6.46. The Hall–Kier alpha value is -0.920. The molecule has 1 aromatic rings. The quantitative estimate of drug-likeness (QED) is 0.710. The van der Waals surface area contributed by atoms with Gasteiger partial charge in [0, 0.05) is 17.0 Å². The maximum atomic E-state index is 11.8. The van der Waals surface area contributed by atoms with E-state index in [4.69, 9.17) is 10.5 Å². The number of benzene rings is 1. The highest BCUT2D eigenvalue weighted by Crippen LogP contribution is 2.46. The van der Waals surface area contributed by atoms with E-state index in [0.29, 0.717) is 18.0 Å². The molecule has 0 bridgehead atoms. The fourth-order valence-electron chi connectivity index (χ4n) is 1.74. The maximum Gasteiger partial charge on any atom is 0.215 e. The van der Waals surface area contributed by atoms with Crippen molar-refractivity contribution < 1.29 is 13.2 Å². The van der Waals surface area contributed by atoms with Crippen molar-refractivity contribution in [3.05, 3.63) is 24.3 Å². The Kier molecular flexibility index (Phi) is 4.82. The molecule has 112 valence electrons. The van der Waals surface area contributed by atoms with Crippen LogP contribution in [0.25, 0.3) is 0 Å². The number of sulfonamides is 1. The van der Waals surface area contributed by atoms with Gasteiger partial charge in [0.15, 0.2) is 0 Å². The molecular weight excluding hydrogens is 296 g/mol. The van der Waals surface area contributed by atoms with Gasteiger partial charge in [-0.15, -0.1) is 0 Å². The third-order valence-electron chi connectivity index (χ3n) is 3.36. The van der Waals surface area contributed by atoms with E-state index in [2.05, 4.69) is 4.72 Å². The fourth-order valence-corrected chi connectivity index (χ4v) is 3.50. The van der Waals surface area contributed by atoms with E-state index >= 15 is 0 Å². The molecule has 1 aliphatic carbocycles. The lowest BCUT2D eigenvalue weighted by molar-refractivity contribution is 0.340. The van der Waals surface area contributed by atoms with Crippen LogP contribution < -0.4 is 15.2 Å². The predicted octanol–water partition coefficient (Wildman–Crippen LogP) is 1.46. The summed E-state index contributed by atoms with van der Waals surface area (Å²) in [6.07, 6.45) is 4.18. The van der Waals surface area contributed by atoms with Crippen molar-refractivity contribution in [3.63, 3.8) is 0 Å². The van der Waals surface area contributed by atoms with Crippen LogP contribution in [-0.4, -0.2) is 38.3 Å². The Balaban J connectivity index is 1.73. The molecule has 0 saturated heterocycles. The van der Waals surface area contributed by atoms with Crippen LogP contribution in [0.4, 0.5) is 5.69 Å². The highest BCUT2D eigenvalue weighted by Gasteiger charge is 2.42. The van der Waals surface area contributed by atoms with E-state index in [1.165, 1.54) is 0 Å². The van der Waals surface area contributed by atoms with Gasteiger partial charge in [-0.25, -0.2) is 13.1 Å². The average Bonchev–Trinajstić information content (AvgIpc) is 3.20. The molecule has 0 radical (unpaired) electrons. The molecule has 0 spiro atoms. The molecule has 1 saturated carbocycles. The first kappa shape index (κ1) is 15.5. The van der Waals surface area contributed by atoms with Crippen LogP contribution in [0.3, 0.4) is 0 Å². The second kappa shape index (κ2) is 6.24. The largest absolute Gasteiger partial charge is 0.492 e. The molecule has 1 fully saturated rings. The van der Waals surface area contributed by atoms with Gasteiger partial charge in [-0.2, -0.15) is 11.8 Å². The fraction of sp³-hybridized carbons (Fsp3) is 0.538. The van der Waals surface area contributed by atoms with Crippen LogP contribution in [0.15, 0.2) is 24.3 Å². The first-order chi connectivity index (χ1) is 9.45. The summed E-state index contributed by atoms with van der Waals surface area (Å²) in [5.74, 6) is 0.583. The van der Waals surface area contributed by atoms with Gasteiger partial charge in [0.05, 0.1) is 5.75 Å². The van der Waals surface area contributed by atoms with Crippen LogP contribution in [0, 0.1) is 0 Å². The van der Waals surface area contributed by atoms with Crippen molar-refractivity contribution >= 4 is 27.5 Å². The minimum absolute atomic E-state index is 0.0398. The van der Waals surface area contributed by atoms with Gasteiger partial charge in [0.25, 0.3) is 0 Å². The molecule has 0 amide bonds. The third kappa shape index (κ3) is 4.57. The Morgan fingerprint density at radius 1 is 1.35 bits per heavy atom. The number of hydrogen-bond donors (Lipinski definition) is 2. The number of thioether (sulfide) groups is 1. The molecule has 1 aliphatic rings. The van der Waals surface area contributed by atoms with Gasteiger partial charge in [-0.05, 0) is 43.4 Å². The van der Waals surface area contributed by atoms with Crippen molar-refractivity contribution in [2.45, 2.75) is 17.6 Å². The number of nitrogens with two attached hydrogens (primary N) is 1. The monoisotopic (exact) mass is 316 g/mol. The second-order valence-electron chi connectivity index (χ2n) is 4.94. The molecule has 0 aliphatic heterocycles. The van der Waals surface area contributed by atoms with Gasteiger partial charge < -0.3 is 10.5 Å². The SMILES string of the molecule is CSC1(CNS(=O)(=O)CCOc2ccc(N)cc2)CC1. The zero-order valence-corrected chi connectivity index (χ0v) is 13.1. The number of nitrogen functional groups attached to an aromatic ring is 1. The summed E-state index contributed by atoms with van der Waals surface area (Å²) in [5, 5.41) is 0. The van der Waals surface area contributed by atoms with E-state index in [1.54, 1.807) is 36.0 Å². The lowest BCUT2D eigenvalue weighted by Gasteiger charge is -2.13. The van der Waals surface area contributed by atoms with Crippen molar-refractivity contribution in [1.82, 2.24) is 4.72 Å². The van der Waals surface area contributed by atoms with Crippen molar-refractivity contribution in [3.8, 4) is 5.75 Å². The van der Waals surface area contributed by atoms with E-state index in [9.17, 15) is 8.42 Å². The highest BCUT2D eigenvalue weighted by atomic mass is 32.2. The molecule has 1 aromatic carbocycles. The summed E-state index contributed by atoms with van der Waals surface area (Å²) >= 11 is 1.73. The molecule has 0 heterocycles. The average molecular weight is 316 g/mol. The van der Waals surface area contributed by atoms with Crippen LogP contribution >= 0.6 is 11.8 Å². The molecular formula is C13H20N2O3S2. The molecule has 0 unspecified atom stereocenters. The highest BCUT2D eigenvalue weighted by molar-refractivity contribution is 8.00. The van der Waals surface area contributed by atoms with Crippen molar-refractivity contribution in [2.75, 3.05) is 30.9 Å². The molecule has 7 heteroatoms. The summed E-state index contributed by atoms with van der Waals surface area (Å²) in [7, 11) is -3.28. The Bertz CT molecular complexity index is 539. The third-order valence-corrected chi connectivity index (χ3v) is 6.06. The van der Waals surface area contributed by atoms with Crippen molar-refractivity contribution in [2.24, 2.45) is 0 Å².